The number of rotatable bonds is 6. The molecule has 0 N–H and O–H groups in total. The Morgan fingerprint density at radius 1 is 1.62 bits per heavy atom. The fourth-order valence-electron chi connectivity index (χ4n) is 0.935. The van der Waals surface area contributed by atoms with Crippen LogP contribution in [0.15, 0.2) is 0 Å². The van der Waals surface area contributed by atoms with Gasteiger partial charge in [0.15, 0.2) is 0 Å². The van der Waals surface area contributed by atoms with E-state index in [1.165, 1.54) is 0 Å². The van der Waals surface area contributed by atoms with Crippen molar-refractivity contribution >= 4 is 12.2 Å². The second kappa shape index (κ2) is 6.60. The smallest absolute Gasteiger partial charge is 0.222 e. The van der Waals surface area contributed by atoms with Gasteiger partial charge in [0.1, 0.15) is 6.29 Å². The second-order valence-corrected chi connectivity index (χ2v) is 3.03. The summed E-state index contributed by atoms with van der Waals surface area (Å²) in [5.41, 5.74) is 0. The van der Waals surface area contributed by atoms with Gasteiger partial charge in [-0.1, -0.05) is 0 Å². The number of ether oxygens (including phenoxy) is 1. The first-order chi connectivity index (χ1) is 6.11. The van der Waals surface area contributed by atoms with Gasteiger partial charge in [-0.05, 0) is 6.92 Å². The Bertz CT molecular complexity index is 170. The predicted molar refractivity (Wildman–Crippen MR) is 49.4 cm³/mol. The maximum Gasteiger partial charge on any atom is 0.222 e. The van der Waals surface area contributed by atoms with Crippen molar-refractivity contribution < 1.29 is 14.3 Å². The van der Waals surface area contributed by atoms with E-state index < -0.39 is 0 Å². The zero-order valence-corrected chi connectivity index (χ0v) is 8.45. The molecule has 76 valence electrons. The first-order valence-corrected chi connectivity index (χ1v) is 4.32. The summed E-state index contributed by atoms with van der Waals surface area (Å²) in [7, 11) is 3.32. The van der Waals surface area contributed by atoms with Gasteiger partial charge in [-0.3, -0.25) is 4.79 Å². The Morgan fingerprint density at radius 2 is 2.23 bits per heavy atom. The van der Waals surface area contributed by atoms with Crippen molar-refractivity contribution in [3.8, 4) is 0 Å². The average Bonchev–Trinajstić information content (AvgIpc) is 2.13. The zero-order valence-electron chi connectivity index (χ0n) is 8.45. The lowest BCUT2D eigenvalue weighted by Crippen LogP contribution is -2.33. The summed E-state index contributed by atoms with van der Waals surface area (Å²) in [4.78, 5) is 22.9. The number of carbonyl (C=O) groups is 2. The van der Waals surface area contributed by atoms with E-state index in [0.29, 0.717) is 13.0 Å². The summed E-state index contributed by atoms with van der Waals surface area (Å²) in [6.45, 7) is 2.46. The molecule has 4 heteroatoms. The maximum atomic E-state index is 11.3. The molecule has 0 saturated heterocycles. The summed E-state index contributed by atoms with van der Waals surface area (Å²) in [5, 5.41) is 0. The normalized spacial score (nSPS) is 12.2. The molecule has 0 aromatic rings. The Morgan fingerprint density at radius 3 is 2.69 bits per heavy atom. The van der Waals surface area contributed by atoms with E-state index in [0.717, 1.165) is 6.29 Å². The number of amides is 1. The molecule has 0 aliphatic heterocycles. The van der Waals surface area contributed by atoms with Crippen molar-refractivity contribution in [2.45, 2.75) is 25.9 Å². The SMILES string of the molecule is COC(C)CN(C)C(=O)CCC=O. The van der Waals surface area contributed by atoms with Crippen LogP contribution in [0.4, 0.5) is 0 Å². The van der Waals surface area contributed by atoms with E-state index >= 15 is 0 Å². The molecule has 0 aromatic carbocycles. The van der Waals surface area contributed by atoms with Crippen LogP contribution in [0.1, 0.15) is 19.8 Å². The third kappa shape index (κ3) is 5.36. The largest absolute Gasteiger partial charge is 0.380 e. The molecule has 0 heterocycles. The molecule has 1 unspecified atom stereocenters. The Hall–Kier alpha value is -0.900. The van der Waals surface area contributed by atoms with Crippen LogP contribution >= 0.6 is 0 Å². The van der Waals surface area contributed by atoms with E-state index in [4.69, 9.17) is 4.74 Å². The predicted octanol–water partition coefficient (Wildman–Crippen LogP) is 0.459. The fourth-order valence-corrected chi connectivity index (χ4v) is 0.935. The van der Waals surface area contributed by atoms with Gasteiger partial charge in [0.25, 0.3) is 0 Å². The van der Waals surface area contributed by atoms with Crippen LogP contribution in [-0.2, 0) is 14.3 Å². The highest BCUT2D eigenvalue weighted by Crippen LogP contribution is 1.97. The van der Waals surface area contributed by atoms with E-state index in [2.05, 4.69) is 0 Å². The van der Waals surface area contributed by atoms with Gasteiger partial charge < -0.3 is 14.4 Å². The van der Waals surface area contributed by atoms with E-state index in [-0.39, 0.29) is 18.4 Å². The molecule has 1 atom stereocenters. The highest BCUT2D eigenvalue weighted by molar-refractivity contribution is 5.78. The molecule has 0 aromatic heterocycles. The monoisotopic (exact) mass is 187 g/mol. The molecule has 0 saturated carbocycles. The summed E-state index contributed by atoms with van der Waals surface area (Å²) in [6.07, 6.45) is 1.37. The quantitative estimate of drug-likeness (QED) is 0.567. The minimum atomic E-state index is -0.0176. The highest BCUT2D eigenvalue weighted by Gasteiger charge is 2.10. The Kier molecular flexibility index (Phi) is 6.14. The minimum Gasteiger partial charge on any atom is -0.380 e. The van der Waals surface area contributed by atoms with Crippen molar-refractivity contribution in [3.63, 3.8) is 0 Å². The number of likely N-dealkylation sites (N-methyl/N-ethyl adjacent to an activating group) is 1. The minimum absolute atomic E-state index is 0.0176. The lowest BCUT2D eigenvalue weighted by Gasteiger charge is -2.20. The van der Waals surface area contributed by atoms with Crippen LogP contribution in [0.5, 0.6) is 0 Å². The summed E-state index contributed by atoms with van der Waals surface area (Å²) >= 11 is 0. The van der Waals surface area contributed by atoms with Crippen LogP contribution in [-0.4, -0.2) is 43.9 Å². The number of nitrogens with zero attached hydrogens (tertiary/aromatic N) is 1. The molecule has 0 radical (unpaired) electrons. The first kappa shape index (κ1) is 12.1. The van der Waals surface area contributed by atoms with E-state index in [1.807, 2.05) is 6.92 Å². The van der Waals surface area contributed by atoms with Gasteiger partial charge in [-0.2, -0.15) is 0 Å². The van der Waals surface area contributed by atoms with Gasteiger partial charge in [0.05, 0.1) is 6.10 Å². The lowest BCUT2D eigenvalue weighted by molar-refractivity contribution is -0.132. The third-order valence-corrected chi connectivity index (χ3v) is 1.84. The molecule has 0 spiro atoms. The molecule has 0 fully saturated rings. The van der Waals surface area contributed by atoms with Crippen LogP contribution < -0.4 is 0 Å². The molecular weight excluding hydrogens is 170 g/mol. The van der Waals surface area contributed by atoms with E-state index in [9.17, 15) is 9.59 Å². The van der Waals surface area contributed by atoms with Gasteiger partial charge >= 0.3 is 0 Å². The van der Waals surface area contributed by atoms with Gasteiger partial charge in [-0.15, -0.1) is 0 Å². The average molecular weight is 187 g/mol. The van der Waals surface area contributed by atoms with Crippen LogP contribution in [0.3, 0.4) is 0 Å². The molecule has 1 amide bonds. The van der Waals surface area contributed by atoms with Crippen LogP contribution in [0.2, 0.25) is 0 Å². The number of hydrogen-bond donors (Lipinski definition) is 0. The topological polar surface area (TPSA) is 46.6 Å². The molecule has 0 bridgehead atoms. The van der Waals surface area contributed by atoms with E-state index in [1.54, 1.807) is 19.1 Å². The molecule has 0 rings (SSSR count). The number of hydrogen-bond acceptors (Lipinski definition) is 3. The van der Waals surface area contributed by atoms with Gasteiger partial charge in [0, 0.05) is 33.5 Å². The molecular formula is C9H17NO3. The Balaban J connectivity index is 3.74. The standard InChI is InChI=1S/C9H17NO3/c1-8(13-3)7-10(2)9(12)5-4-6-11/h6,8H,4-5,7H2,1-3H3. The van der Waals surface area contributed by atoms with Crippen LogP contribution in [0.25, 0.3) is 0 Å². The first-order valence-electron chi connectivity index (χ1n) is 4.32. The summed E-state index contributed by atoms with van der Waals surface area (Å²) < 4.78 is 5.01. The Labute approximate surface area is 78.9 Å². The van der Waals surface area contributed by atoms with Crippen molar-refractivity contribution in [2.75, 3.05) is 20.7 Å². The lowest BCUT2D eigenvalue weighted by atomic mass is 10.3. The highest BCUT2D eigenvalue weighted by atomic mass is 16.5. The van der Waals surface area contributed by atoms with Crippen molar-refractivity contribution in [1.29, 1.82) is 0 Å². The zero-order chi connectivity index (χ0) is 10.3. The third-order valence-electron chi connectivity index (χ3n) is 1.84. The molecule has 0 aliphatic rings. The van der Waals surface area contributed by atoms with Gasteiger partial charge in [-0.25, -0.2) is 0 Å². The summed E-state index contributed by atoms with van der Waals surface area (Å²) in [5.74, 6) is -0.0176. The van der Waals surface area contributed by atoms with Crippen LogP contribution in [0, 0.1) is 0 Å². The molecule has 4 nitrogen and oxygen atoms in total. The molecule has 0 aliphatic carbocycles. The molecule has 13 heavy (non-hydrogen) atoms. The summed E-state index contributed by atoms with van der Waals surface area (Å²) in [6, 6.07) is 0. The number of aldehydes is 1. The maximum absolute atomic E-state index is 11.3. The number of carbonyl (C=O) groups excluding carboxylic acids is 2. The van der Waals surface area contributed by atoms with Crippen molar-refractivity contribution in [2.24, 2.45) is 0 Å². The number of methoxy groups -OCH3 is 1. The van der Waals surface area contributed by atoms with Crippen molar-refractivity contribution in [1.82, 2.24) is 4.90 Å². The fraction of sp³-hybridized carbons (Fsp3) is 0.778. The van der Waals surface area contributed by atoms with Gasteiger partial charge in [0.2, 0.25) is 5.91 Å². The van der Waals surface area contributed by atoms with Crippen molar-refractivity contribution in [3.05, 3.63) is 0 Å². The second-order valence-electron chi connectivity index (χ2n) is 3.03.